The first-order valence-electron chi connectivity index (χ1n) is 8.77. The van der Waals surface area contributed by atoms with Crippen molar-refractivity contribution in [1.29, 1.82) is 0 Å². The molecule has 2 heterocycles. The maximum Gasteiger partial charge on any atom is 0.157 e. The van der Waals surface area contributed by atoms with Gasteiger partial charge < -0.3 is 9.84 Å². The van der Waals surface area contributed by atoms with Crippen molar-refractivity contribution in [2.45, 2.75) is 44.6 Å². The minimum atomic E-state index is -0.155. The molecule has 4 rings (SSSR count). The zero-order valence-corrected chi connectivity index (χ0v) is 14.0. The number of rotatable bonds is 6. The Kier molecular flexibility index (Phi) is 4.26. The molecule has 0 amide bonds. The van der Waals surface area contributed by atoms with Crippen molar-refractivity contribution in [3.8, 4) is 11.5 Å². The first-order valence-corrected chi connectivity index (χ1v) is 8.77. The van der Waals surface area contributed by atoms with E-state index in [9.17, 15) is 9.90 Å². The summed E-state index contributed by atoms with van der Waals surface area (Å²) in [5.74, 6) is 0.167. The van der Waals surface area contributed by atoms with Gasteiger partial charge in [-0.05, 0) is 55.7 Å². The number of aromatic hydroxyl groups is 1. The fraction of sp³-hybridized carbons (Fsp3) is 0.421. The highest BCUT2D eigenvalue weighted by atomic mass is 16.5. The second-order valence-electron chi connectivity index (χ2n) is 6.66. The molecule has 0 radical (unpaired) electrons. The first-order chi connectivity index (χ1) is 12.3. The number of carbonyl (C=O) groups excluding carboxylic acids is 1. The normalized spacial score (nSPS) is 17.6. The molecule has 0 spiro atoms. The largest absolute Gasteiger partial charge is 0.505 e. The summed E-state index contributed by atoms with van der Waals surface area (Å²) in [6.45, 7) is 0.400. The number of ether oxygens (including phenoxy) is 1. The van der Waals surface area contributed by atoms with Crippen molar-refractivity contribution in [2.24, 2.45) is 0 Å². The van der Waals surface area contributed by atoms with Gasteiger partial charge in [-0.25, -0.2) is 0 Å². The van der Waals surface area contributed by atoms with E-state index in [1.165, 1.54) is 48.5 Å². The lowest BCUT2D eigenvalue weighted by Crippen LogP contribution is -2.12. The summed E-state index contributed by atoms with van der Waals surface area (Å²) in [5.41, 5.74) is 3.91. The topological polar surface area (TPSA) is 77.2 Å². The van der Waals surface area contributed by atoms with Crippen LogP contribution in [-0.2, 0) is 0 Å². The molecule has 0 aromatic carbocycles. The standard InChI is InChI=1S/C19H21N3O3/c23-11-16-18(24)9-20-10-19(16)25-12-13-3-1-2-4-15(13)17-7-8-21-22(17)14-5-6-14/h7-11,14,24H,1-6,12H2. The fourth-order valence-corrected chi connectivity index (χ4v) is 3.44. The number of hydrogen-bond donors (Lipinski definition) is 1. The third kappa shape index (κ3) is 3.16. The molecule has 2 aromatic heterocycles. The number of nitrogens with zero attached hydrogens (tertiary/aromatic N) is 3. The van der Waals surface area contributed by atoms with Crippen LogP contribution in [0.1, 0.15) is 60.6 Å². The molecule has 6 nitrogen and oxygen atoms in total. The zero-order valence-electron chi connectivity index (χ0n) is 14.0. The third-order valence-electron chi connectivity index (χ3n) is 4.90. The van der Waals surface area contributed by atoms with E-state index in [0.29, 0.717) is 24.7 Å². The Balaban J connectivity index is 1.61. The third-order valence-corrected chi connectivity index (χ3v) is 4.90. The van der Waals surface area contributed by atoms with Gasteiger partial charge in [-0.3, -0.25) is 14.5 Å². The summed E-state index contributed by atoms with van der Waals surface area (Å²) in [6, 6.07) is 2.63. The summed E-state index contributed by atoms with van der Waals surface area (Å²) >= 11 is 0. The Morgan fingerprint density at radius 2 is 2.12 bits per heavy atom. The molecule has 0 aliphatic heterocycles. The van der Waals surface area contributed by atoms with Gasteiger partial charge in [0.05, 0.1) is 24.1 Å². The van der Waals surface area contributed by atoms with E-state index >= 15 is 0 Å². The summed E-state index contributed by atoms with van der Waals surface area (Å²) in [6.07, 6.45) is 11.9. The average Bonchev–Trinajstić information content (AvgIpc) is 3.37. The SMILES string of the molecule is O=Cc1c(O)cncc1OCC1=C(c2ccnn2C2CC2)CCCC1. The van der Waals surface area contributed by atoms with Crippen molar-refractivity contribution < 1.29 is 14.6 Å². The minimum Gasteiger partial charge on any atom is -0.505 e. The molecule has 1 saturated carbocycles. The molecule has 0 unspecified atom stereocenters. The fourth-order valence-electron chi connectivity index (χ4n) is 3.44. The molecule has 0 atom stereocenters. The molecule has 25 heavy (non-hydrogen) atoms. The van der Waals surface area contributed by atoms with Crippen LogP contribution in [-0.4, -0.2) is 32.8 Å². The van der Waals surface area contributed by atoms with Crippen molar-refractivity contribution >= 4 is 11.9 Å². The second-order valence-corrected chi connectivity index (χ2v) is 6.66. The maximum absolute atomic E-state index is 11.2. The van der Waals surface area contributed by atoms with Gasteiger partial charge in [-0.15, -0.1) is 0 Å². The number of allylic oxidation sites excluding steroid dienone is 1. The van der Waals surface area contributed by atoms with Gasteiger partial charge in [0.2, 0.25) is 0 Å². The highest BCUT2D eigenvalue weighted by Crippen LogP contribution is 2.40. The van der Waals surface area contributed by atoms with Crippen LogP contribution in [0.2, 0.25) is 0 Å². The Bertz CT molecular complexity index is 821. The number of aldehydes is 1. The second kappa shape index (κ2) is 6.70. The van der Waals surface area contributed by atoms with E-state index in [1.54, 1.807) is 0 Å². The Hall–Kier alpha value is -2.63. The van der Waals surface area contributed by atoms with Gasteiger partial charge in [0.15, 0.2) is 12.0 Å². The van der Waals surface area contributed by atoms with E-state index in [2.05, 4.69) is 20.8 Å². The van der Waals surface area contributed by atoms with Gasteiger partial charge in [-0.1, -0.05) is 0 Å². The van der Waals surface area contributed by atoms with Crippen molar-refractivity contribution in [2.75, 3.05) is 6.61 Å². The molecule has 6 heteroatoms. The number of carbonyl (C=O) groups is 1. The summed E-state index contributed by atoms with van der Waals surface area (Å²) in [4.78, 5) is 15.1. The maximum atomic E-state index is 11.2. The van der Waals surface area contributed by atoms with Crippen LogP contribution < -0.4 is 4.74 Å². The minimum absolute atomic E-state index is 0.149. The van der Waals surface area contributed by atoms with Crippen molar-refractivity contribution in [3.63, 3.8) is 0 Å². The number of pyridine rings is 1. The van der Waals surface area contributed by atoms with Gasteiger partial charge in [0.1, 0.15) is 17.9 Å². The summed E-state index contributed by atoms with van der Waals surface area (Å²) in [7, 11) is 0. The van der Waals surface area contributed by atoms with Crippen molar-refractivity contribution in [1.82, 2.24) is 14.8 Å². The van der Waals surface area contributed by atoms with Crippen LogP contribution in [0, 0.1) is 0 Å². The van der Waals surface area contributed by atoms with Crippen LogP contribution in [0.4, 0.5) is 0 Å². The molecule has 1 N–H and O–H groups in total. The average molecular weight is 339 g/mol. The van der Waals surface area contributed by atoms with Crippen LogP contribution in [0.25, 0.3) is 5.57 Å². The van der Waals surface area contributed by atoms with E-state index in [-0.39, 0.29) is 11.3 Å². The quantitative estimate of drug-likeness (QED) is 0.815. The molecule has 0 bridgehead atoms. The highest BCUT2D eigenvalue weighted by Gasteiger charge is 2.28. The first kappa shape index (κ1) is 15.9. The van der Waals surface area contributed by atoms with Crippen molar-refractivity contribution in [3.05, 3.63) is 41.5 Å². The highest BCUT2D eigenvalue weighted by molar-refractivity contribution is 5.82. The molecule has 0 saturated heterocycles. The molecular weight excluding hydrogens is 318 g/mol. The lowest BCUT2D eigenvalue weighted by molar-refractivity contribution is 0.111. The van der Waals surface area contributed by atoms with E-state index in [1.807, 2.05) is 6.20 Å². The lowest BCUT2D eigenvalue weighted by atomic mass is 9.90. The molecule has 130 valence electrons. The summed E-state index contributed by atoms with van der Waals surface area (Å²) in [5, 5.41) is 14.2. The van der Waals surface area contributed by atoms with Gasteiger partial charge in [-0.2, -0.15) is 5.10 Å². The van der Waals surface area contributed by atoms with Gasteiger partial charge >= 0.3 is 0 Å². The predicted octanol–water partition coefficient (Wildman–Crippen LogP) is 3.54. The Morgan fingerprint density at radius 1 is 1.28 bits per heavy atom. The van der Waals surface area contributed by atoms with Crippen LogP contribution >= 0.6 is 0 Å². The van der Waals surface area contributed by atoms with E-state index in [4.69, 9.17) is 4.74 Å². The number of hydrogen-bond acceptors (Lipinski definition) is 5. The lowest BCUT2D eigenvalue weighted by Gasteiger charge is -2.22. The summed E-state index contributed by atoms with van der Waals surface area (Å²) < 4.78 is 8.00. The molecule has 2 aliphatic carbocycles. The van der Waals surface area contributed by atoms with Gasteiger partial charge in [0.25, 0.3) is 0 Å². The van der Waals surface area contributed by atoms with E-state index < -0.39 is 0 Å². The van der Waals surface area contributed by atoms with Crippen LogP contribution in [0.3, 0.4) is 0 Å². The van der Waals surface area contributed by atoms with Crippen LogP contribution in [0.5, 0.6) is 11.5 Å². The predicted molar refractivity (Wildman–Crippen MR) is 92.7 cm³/mol. The van der Waals surface area contributed by atoms with Gasteiger partial charge in [0, 0.05) is 6.20 Å². The number of aromatic nitrogens is 3. The molecule has 2 aromatic rings. The Labute approximate surface area is 146 Å². The molecule has 1 fully saturated rings. The monoisotopic (exact) mass is 339 g/mol. The zero-order chi connectivity index (χ0) is 17.2. The molecule has 2 aliphatic rings. The smallest absolute Gasteiger partial charge is 0.157 e. The van der Waals surface area contributed by atoms with Crippen LogP contribution in [0.15, 0.2) is 30.2 Å². The van der Waals surface area contributed by atoms with E-state index in [0.717, 1.165) is 19.3 Å². The molecular formula is C19H21N3O3. The Morgan fingerprint density at radius 3 is 2.92 bits per heavy atom.